The van der Waals surface area contributed by atoms with E-state index in [-0.39, 0.29) is 24.4 Å². The number of nitrogens with zero attached hydrogens (tertiary/aromatic N) is 1. The van der Waals surface area contributed by atoms with Crippen molar-refractivity contribution in [1.29, 1.82) is 5.26 Å². The highest BCUT2D eigenvalue weighted by atomic mass is 19.4. The molecule has 0 fully saturated rings. The molecule has 0 saturated heterocycles. The normalized spacial score (nSPS) is 11.7. The summed E-state index contributed by atoms with van der Waals surface area (Å²) in [5.74, 6) is -0.640. The van der Waals surface area contributed by atoms with Crippen LogP contribution in [0.2, 0.25) is 0 Å². The van der Waals surface area contributed by atoms with E-state index in [0.29, 0.717) is 0 Å². The smallest absolute Gasteiger partial charge is 0.383 e. The standard InChI is InChI=1S/C14H14F3N3O2/c1-22-6-5-19-13(21)10(8-18)9-20-12-4-2-3-11(7-12)14(15,16)17/h2-4,7,9,20H,5-6H2,1H3,(H,19,21)/b10-9-. The van der Waals surface area contributed by atoms with Crippen molar-refractivity contribution in [2.45, 2.75) is 6.18 Å². The van der Waals surface area contributed by atoms with E-state index in [1.165, 1.54) is 19.2 Å². The maximum atomic E-state index is 12.6. The van der Waals surface area contributed by atoms with Crippen LogP contribution < -0.4 is 10.6 Å². The van der Waals surface area contributed by atoms with Crippen LogP contribution in [-0.4, -0.2) is 26.2 Å². The molecule has 0 aliphatic rings. The molecule has 0 radical (unpaired) electrons. The van der Waals surface area contributed by atoms with Gasteiger partial charge < -0.3 is 15.4 Å². The Balaban J connectivity index is 2.77. The molecule has 0 bridgehead atoms. The maximum absolute atomic E-state index is 12.6. The number of rotatable bonds is 6. The van der Waals surface area contributed by atoms with E-state index in [1.54, 1.807) is 6.07 Å². The molecule has 0 aliphatic carbocycles. The topological polar surface area (TPSA) is 74.1 Å². The predicted octanol–water partition coefficient (Wildman–Crippen LogP) is 2.29. The monoisotopic (exact) mass is 313 g/mol. The molecule has 0 spiro atoms. The molecular weight excluding hydrogens is 299 g/mol. The van der Waals surface area contributed by atoms with Gasteiger partial charge >= 0.3 is 6.18 Å². The Morgan fingerprint density at radius 2 is 2.18 bits per heavy atom. The van der Waals surface area contributed by atoms with Gasteiger partial charge in [0.15, 0.2) is 0 Å². The fourth-order valence-corrected chi connectivity index (χ4v) is 1.45. The van der Waals surface area contributed by atoms with Crippen LogP contribution in [-0.2, 0) is 15.7 Å². The summed E-state index contributed by atoms with van der Waals surface area (Å²) in [5.41, 5.74) is -0.963. The molecule has 0 unspecified atom stereocenters. The fraction of sp³-hybridized carbons (Fsp3) is 0.286. The van der Waals surface area contributed by atoms with E-state index >= 15 is 0 Å². The number of methoxy groups -OCH3 is 1. The first-order valence-corrected chi connectivity index (χ1v) is 6.19. The van der Waals surface area contributed by atoms with Gasteiger partial charge in [-0.2, -0.15) is 18.4 Å². The summed E-state index contributed by atoms with van der Waals surface area (Å²) in [6.07, 6.45) is -3.41. The molecule has 22 heavy (non-hydrogen) atoms. The van der Waals surface area contributed by atoms with Crippen LogP contribution in [0, 0.1) is 11.3 Å². The number of alkyl halides is 3. The third-order valence-corrected chi connectivity index (χ3v) is 2.53. The minimum atomic E-state index is -4.46. The first kappa shape index (κ1) is 17.5. The largest absolute Gasteiger partial charge is 0.416 e. The van der Waals surface area contributed by atoms with Crippen molar-refractivity contribution in [3.63, 3.8) is 0 Å². The highest BCUT2D eigenvalue weighted by Gasteiger charge is 2.30. The Bertz CT molecular complexity index is 592. The highest BCUT2D eigenvalue weighted by molar-refractivity contribution is 5.97. The molecule has 1 rings (SSSR count). The number of ether oxygens (including phenoxy) is 1. The number of hydrogen-bond donors (Lipinski definition) is 2. The SMILES string of the molecule is COCCNC(=O)/C(C#N)=C\Nc1cccc(C(F)(F)F)c1. The lowest BCUT2D eigenvalue weighted by atomic mass is 10.2. The Labute approximate surface area is 125 Å². The zero-order valence-corrected chi connectivity index (χ0v) is 11.7. The Hall–Kier alpha value is -2.53. The lowest BCUT2D eigenvalue weighted by molar-refractivity contribution is -0.137. The minimum Gasteiger partial charge on any atom is -0.383 e. The number of nitriles is 1. The van der Waals surface area contributed by atoms with Crippen molar-refractivity contribution in [2.75, 3.05) is 25.6 Å². The maximum Gasteiger partial charge on any atom is 0.416 e. The molecule has 2 N–H and O–H groups in total. The van der Waals surface area contributed by atoms with Crippen molar-refractivity contribution < 1.29 is 22.7 Å². The van der Waals surface area contributed by atoms with Crippen molar-refractivity contribution in [1.82, 2.24) is 5.32 Å². The Kier molecular flexibility index (Phi) is 6.41. The van der Waals surface area contributed by atoms with Gasteiger partial charge in [-0.15, -0.1) is 0 Å². The Morgan fingerprint density at radius 3 is 2.77 bits per heavy atom. The summed E-state index contributed by atoms with van der Waals surface area (Å²) in [4.78, 5) is 11.6. The number of benzene rings is 1. The third kappa shape index (κ3) is 5.46. The van der Waals surface area contributed by atoms with E-state index in [1.807, 2.05) is 0 Å². The molecular formula is C14H14F3N3O2. The lowest BCUT2D eigenvalue weighted by Crippen LogP contribution is -2.28. The van der Waals surface area contributed by atoms with Crippen molar-refractivity contribution in [2.24, 2.45) is 0 Å². The molecule has 0 saturated carbocycles. The van der Waals surface area contributed by atoms with Crippen molar-refractivity contribution in [3.05, 3.63) is 41.6 Å². The number of anilines is 1. The van der Waals surface area contributed by atoms with Gasteiger partial charge in [-0.05, 0) is 18.2 Å². The van der Waals surface area contributed by atoms with Crippen molar-refractivity contribution >= 4 is 11.6 Å². The molecule has 0 atom stereocenters. The van der Waals surface area contributed by atoms with Crippen LogP contribution in [0.5, 0.6) is 0 Å². The van der Waals surface area contributed by atoms with E-state index in [2.05, 4.69) is 10.6 Å². The minimum absolute atomic E-state index is 0.118. The van der Waals surface area contributed by atoms with Gasteiger partial charge in [0.25, 0.3) is 5.91 Å². The van der Waals surface area contributed by atoms with E-state index in [9.17, 15) is 18.0 Å². The quantitative estimate of drug-likeness (QED) is 0.480. The molecule has 0 aromatic heterocycles. The average molecular weight is 313 g/mol. The van der Waals surface area contributed by atoms with E-state index in [4.69, 9.17) is 10.00 Å². The summed E-state index contributed by atoms with van der Waals surface area (Å²) in [7, 11) is 1.46. The zero-order valence-electron chi connectivity index (χ0n) is 11.7. The van der Waals surface area contributed by atoms with E-state index < -0.39 is 17.6 Å². The summed E-state index contributed by atoms with van der Waals surface area (Å²) >= 11 is 0. The molecule has 0 aliphatic heterocycles. The van der Waals surface area contributed by atoms with Gasteiger partial charge in [0.05, 0.1) is 12.2 Å². The first-order valence-electron chi connectivity index (χ1n) is 6.19. The molecule has 1 aromatic carbocycles. The second kappa shape index (κ2) is 8.05. The number of carbonyl (C=O) groups excluding carboxylic acids is 1. The number of halogens is 3. The molecule has 1 amide bonds. The van der Waals surface area contributed by atoms with E-state index in [0.717, 1.165) is 18.3 Å². The number of hydrogen-bond acceptors (Lipinski definition) is 4. The predicted molar refractivity (Wildman–Crippen MR) is 73.6 cm³/mol. The van der Waals surface area contributed by atoms with Crippen LogP contribution in [0.25, 0.3) is 0 Å². The third-order valence-electron chi connectivity index (χ3n) is 2.53. The zero-order chi connectivity index (χ0) is 16.6. The second-order valence-electron chi connectivity index (χ2n) is 4.14. The Morgan fingerprint density at radius 1 is 1.45 bits per heavy atom. The summed E-state index contributed by atoms with van der Waals surface area (Å²) < 4.78 is 42.4. The van der Waals surface area contributed by atoms with Crippen LogP contribution in [0.1, 0.15) is 5.56 Å². The average Bonchev–Trinajstić information content (AvgIpc) is 2.47. The fourth-order valence-electron chi connectivity index (χ4n) is 1.45. The first-order chi connectivity index (χ1) is 10.4. The van der Waals surface area contributed by atoms with Crippen LogP contribution in [0.15, 0.2) is 36.0 Å². The molecule has 118 valence electrons. The van der Waals surface area contributed by atoms with Gasteiger partial charge in [0.2, 0.25) is 0 Å². The summed E-state index contributed by atoms with van der Waals surface area (Å²) in [6, 6.07) is 6.10. The van der Waals surface area contributed by atoms with Crippen LogP contribution in [0.3, 0.4) is 0 Å². The second-order valence-corrected chi connectivity index (χ2v) is 4.14. The molecule has 8 heteroatoms. The number of nitrogens with one attached hydrogen (secondary N) is 2. The van der Waals surface area contributed by atoms with Crippen LogP contribution >= 0.6 is 0 Å². The summed E-state index contributed by atoms with van der Waals surface area (Å²) in [5, 5.41) is 13.8. The lowest BCUT2D eigenvalue weighted by Gasteiger charge is -2.09. The molecule has 0 heterocycles. The van der Waals surface area contributed by atoms with Gasteiger partial charge in [-0.25, -0.2) is 0 Å². The van der Waals surface area contributed by atoms with Gasteiger partial charge in [-0.1, -0.05) is 6.07 Å². The number of carbonyl (C=O) groups is 1. The van der Waals surface area contributed by atoms with Gasteiger partial charge in [0, 0.05) is 25.5 Å². The van der Waals surface area contributed by atoms with Crippen molar-refractivity contribution in [3.8, 4) is 6.07 Å². The molecule has 5 nitrogen and oxygen atoms in total. The number of amides is 1. The van der Waals surface area contributed by atoms with Gasteiger partial charge in [-0.3, -0.25) is 4.79 Å². The summed E-state index contributed by atoms with van der Waals surface area (Å²) in [6.45, 7) is 0.503. The van der Waals surface area contributed by atoms with Gasteiger partial charge in [0.1, 0.15) is 11.6 Å². The highest BCUT2D eigenvalue weighted by Crippen LogP contribution is 2.30. The molecule has 1 aromatic rings. The van der Waals surface area contributed by atoms with Crippen LogP contribution in [0.4, 0.5) is 18.9 Å².